The van der Waals surface area contributed by atoms with Crippen molar-refractivity contribution in [2.24, 2.45) is 0 Å². The van der Waals surface area contributed by atoms with E-state index >= 15 is 0 Å². The third-order valence-corrected chi connectivity index (χ3v) is 6.11. The summed E-state index contributed by atoms with van der Waals surface area (Å²) in [5.74, 6) is 8.26. The molecule has 0 aliphatic heterocycles. The third kappa shape index (κ3) is 4.73. The predicted octanol–water partition coefficient (Wildman–Crippen LogP) is 3.96. The van der Waals surface area contributed by atoms with Crippen LogP contribution in [-0.2, 0) is 12.4 Å². The molecule has 32 heavy (non-hydrogen) atoms. The lowest BCUT2D eigenvalue weighted by Crippen LogP contribution is -2.17. The van der Waals surface area contributed by atoms with Crippen LogP contribution in [-0.4, -0.2) is 24.3 Å². The molecular formula is C22H23ClN6O2S. The fourth-order valence-corrected chi connectivity index (χ4v) is 4.16. The molecule has 0 unspecified atom stereocenters. The van der Waals surface area contributed by atoms with Crippen LogP contribution in [0.4, 0.5) is 0 Å². The van der Waals surface area contributed by atoms with Crippen molar-refractivity contribution >= 4 is 29.0 Å². The van der Waals surface area contributed by atoms with Crippen LogP contribution in [0.3, 0.4) is 0 Å². The molecule has 0 spiro atoms. The number of hydrogen-bond donors (Lipinski definition) is 1. The molecule has 0 aliphatic carbocycles. The topological polar surface area (TPSA) is 100 Å². The summed E-state index contributed by atoms with van der Waals surface area (Å²) in [7, 11) is 0. The molecule has 0 atom stereocenters. The Bertz CT molecular complexity index is 1330. The Kier molecular flexibility index (Phi) is 6.38. The molecule has 2 N–H and O–H groups in total. The molecule has 1 aromatic carbocycles. The van der Waals surface area contributed by atoms with E-state index in [1.54, 1.807) is 18.3 Å². The maximum atomic E-state index is 12.3. The second kappa shape index (κ2) is 9.22. The van der Waals surface area contributed by atoms with Gasteiger partial charge in [0.1, 0.15) is 18.0 Å². The van der Waals surface area contributed by atoms with Crippen LogP contribution in [0.15, 0.2) is 52.5 Å². The van der Waals surface area contributed by atoms with Crippen molar-refractivity contribution in [2.45, 2.75) is 44.2 Å². The van der Waals surface area contributed by atoms with Crippen LogP contribution in [0.5, 0.6) is 5.75 Å². The number of rotatable bonds is 7. The molecule has 166 valence electrons. The quantitative estimate of drug-likeness (QED) is 0.322. The second-order valence-corrected chi connectivity index (χ2v) is 9.08. The van der Waals surface area contributed by atoms with Crippen LogP contribution >= 0.6 is 23.4 Å². The molecule has 0 radical (unpaired) electrons. The van der Waals surface area contributed by atoms with Crippen molar-refractivity contribution < 1.29 is 4.74 Å². The van der Waals surface area contributed by atoms with Crippen molar-refractivity contribution in [3.63, 3.8) is 0 Å². The first-order chi connectivity index (χ1) is 15.3. The molecule has 8 nitrogen and oxygen atoms in total. The van der Waals surface area contributed by atoms with Gasteiger partial charge in [-0.05, 0) is 42.2 Å². The van der Waals surface area contributed by atoms with Crippen molar-refractivity contribution in [3.8, 4) is 5.75 Å². The van der Waals surface area contributed by atoms with Crippen LogP contribution in [0.2, 0.25) is 5.02 Å². The van der Waals surface area contributed by atoms with Gasteiger partial charge >= 0.3 is 0 Å². The molecule has 3 aromatic heterocycles. The highest BCUT2D eigenvalue weighted by atomic mass is 35.5. The summed E-state index contributed by atoms with van der Waals surface area (Å²) >= 11 is 7.30. The van der Waals surface area contributed by atoms with E-state index in [0.717, 1.165) is 16.9 Å². The molecule has 3 heterocycles. The average Bonchev–Trinajstić information content (AvgIpc) is 3.10. The van der Waals surface area contributed by atoms with Crippen molar-refractivity contribution in [1.29, 1.82) is 0 Å². The van der Waals surface area contributed by atoms with Gasteiger partial charge < -0.3 is 10.6 Å². The predicted molar refractivity (Wildman–Crippen MR) is 126 cm³/mol. The normalized spacial score (nSPS) is 11.4. The molecule has 0 saturated heterocycles. The van der Waals surface area contributed by atoms with E-state index < -0.39 is 0 Å². The molecule has 10 heteroatoms. The average molecular weight is 471 g/mol. The Balaban J connectivity index is 1.46. The minimum atomic E-state index is -0.199. The summed E-state index contributed by atoms with van der Waals surface area (Å²) in [5, 5.41) is 9.30. The van der Waals surface area contributed by atoms with E-state index in [9.17, 15) is 4.79 Å². The largest absolute Gasteiger partial charge is 0.485 e. The van der Waals surface area contributed by atoms with Gasteiger partial charge in [-0.1, -0.05) is 49.3 Å². The van der Waals surface area contributed by atoms with Crippen molar-refractivity contribution in [2.75, 3.05) is 5.84 Å². The summed E-state index contributed by atoms with van der Waals surface area (Å²) in [6, 6.07) is 11.0. The molecule has 0 aliphatic rings. The van der Waals surface area contributed by atoms with Crippen LogP contribution < -0.4 is 16.1 Å². The van der Waals surface area contributed by atoms with Gasteiger partial charge in [0.25, 0.3) is 5.56 Å². The third-order valence-electron chi connectivity index (χ3n) is 4.91. The van der Waals surface area contributed by atoms with Crippen molar-refractivity contribution in [1.82, 2.24) is 24.3 Å². The van der Waals surface area contributed by atoms with E-state index in [1.165, 1.54) is 26.9 Å². The number of nitrogens with two attached hydrogens (primary N) is 1. The zero-order valence-corrected chi connectivity index (χ0v) is 19.5. The minimum Gasteiger partial charge on any atom is -0.485 e. The van der Waals surface area contributed by atoms with Gasteiger partial charge in [0.15, 0.2) is 5.82 Å². The smallest absolute Gasteiger partial charge is 0.258 e. The molecule has 0 bridgehead atoms. The van der Waals surface area contributed by atoms with Gasteiger partial charge in [-0.15, -0.1) is 10.2 Å². The molecule has 4 rings (SSSR count). The highest BCUT2D eigenvalue weighted by Crippen LogP contribution is 2.28. The van der Waals surface area contributed by atoms with Gasteiger partial charge in [0.2, 0.25) is 5.16 Å². The summed E-state index contributed by atoms with van der Waals surface area (Å²) in [6.45, 7) is 6.47. The first-order valence-electron chi connectivity index (χ1n) is 10.0. The van der Waals surface area contributed by atoms with Gasteiger partial charge in [0.05, 0.1) is 10.7 Å². The lowest BCUT2D eigenvalue weighted by Gasteiger charge is -2.14. The Hall–Kier alpha value is -3.04. The number of halogens is 1. The van der Waals surface area contributed by atoms with Crippen LogP contribution in [0, 0.1) is 6.92 Å². The molecule has 4 aromatic rings. The zero-order valence-electron chi connectivity index (χ0n) is 17.9. The number of nitrogens with zero attached hydrogens (tertiary/aromatic N) is 5. The van der Waals surface area contributed by atoms with E-state index in [-0.39, 0.29) is 12.2 Å². The number of fused-ring (bicyclic) bond motifs is 1. The first-order valence-corrected chi connectivity index (χ1v) is 11.4. The lowest BCUT2D eigenvalue weighted by molar-refractivity contribution is 0.287. The molecule has 0 amide bonds. The van der Waals surface area contributed by atoms with Gasteiger partial charge in [-0.25, -0.2) is 9.66 Å². The van der Waals surface area contributed by atoms with E-state index in [2.05, 4.69) is 41.2 Å². The highest BCUT2D eigenvalue weighted by molar-refractivity contribution is 7.98. The number of benzene rings is 1. The number of thioether (sulfide) groups is 1. The number of ether oxygens (including phenoxy) is 1. The number of aryl methyl sites for hydroxylation is 1. The molecule has 0 saturated carbocycles. The van der Waals surface area contributed by atoms with E-state index in [0.29, 0.717) is 39.0 Å². The first kappa shape index (κ1) is 22.2. The minimum absolute atomic E-state index is 0.198. The summed E-state index contributed by atoms with van der Waals surface area (Å²) < 4.78 is 8.83. The summed E-state index contributed by atoms with van der Waals surface area (Å²) in [5.41, 5.74) is 3.19. The maximum Gasteiger partial charge on any atom is 0.258 e. The van der Waals surface area contributed by atoms with Crippen LogP contribution in [0.1, 0.15) is 42.4 Å². The lowest BCUT2D eigenvalue weighted by atomic mass is 10.0. The maximum absolute atomic E-state index is 12.3. The SMILES string of the molecule is Cc1ccc(C(C)C)c(OCc2nnc(SCc3cc(=O)n4cc(Cl)ccc4n3)n2N)c1. The number of pyridine rings is 1. The number of nitrogen functional groups attached to an aromatic ring is 1. The summed E-state index contributed by atoms with van der Waals surface area (Å²) in [4.78, 5) is 16.8. The Morgan fingerprint density at radius 2 is 2.00 bits per heavy atom. The Morgan fingerprint density at radius 1 is 1.19 bits per heavy atom. The Labute approximate surface area is 194 Å². The zero-order chi connectivity index (χ0) is 22.8. The van der Waals surface area contributed by atoms with E-state index in [1.807, 2.05) is 13.0 Å². The van der Waals surface area contributed by atoms with Crippen molar-refractivity contribution in [3.05, 3.63) is 80.6 Å². The fraction of sp³-hybridized carbons (Fsp3) is 0.273. The monoisotopic (exact) mass is 470 g/mol. The second-order valence-electron chi connectivity index (χ2n) is 7.70. The Morgan fingerprint density at radius 3 is 2.78 bits per heavy atom. The standard InChI is InChI=1S/C22H23ClN6O2S/c1-13(2)17-6-4-14(3)8-18(17)31-11-20-26-27-22(29(20)24)32-12-16-9-21(30)28-10-15(23)5-7-19(28)25-16/h4-10,13H,11-12,24H2,1-3H3. The van der Waals surface area contributed by atoms with Gasteiger partial charge in [-0.2, -0.15) is 0 Å². The highest BCUT2D eigenvalue weighted by Gasteiger charge is 2.14. The van der Waals surface area contributed by atoms with Gasteiger partial charge in [-0.3, -0.25) is 9.20 Å². The fourth-order valence-electron chi connectivity index (χ4n) is 3.23. The van der Waals surface area contributed by atoms with Gasteiger partial charge in [0, 0.05) is 18.0 Å². The number of aromatic nitrogens is 5. The number of hydrogen-bond acceptors (Lipinski definition) is 7. The summed E-state index contributed by atoms with van der Waals surface area (Å²) in [6.07, 6.45) is 1.55. The van der Waals surface area contributed by atoms with Crippen LogP contribution in [0.25, 0.3) is 5.65 Å². The molecule has 0 fully saturated rings. The van der Waals surface area contributed by atoms with E-state index in [4.69, 9.17) is 22.2 Å². The molecular weight excluding hydrogens is 448 g/mol.